The maximum atomic E-state index is 6.20. The van der Waals surface area contributed by atoms with Crippen LogP contribution in [-0.4, -0.2) is 20.2 Å². The maximum Gasteiger partial charge on any atom is 0.171 e. The Hall–Kier alpha value is -1.92. The van der Waals surface area contributed by atoms with Crippen LogP contribution in [0.3, 0.4) is 0 Å². The van der Waals surface area contributed by atoms with Crippen LogP contribution >= 0.6 is 22.9 Å². The third-order valence-electron chi connectivity index (χ3n) is 3.56. The normalized spacial score (nSPS) is 14.3. The van der Waals surface area contributed by atoms with Gasteiger partial charge < -0.3 is 5.32 Å². The molecule has 3 heterocycles. The summed E-state index contributed by atoms with van der Waals surface area (Å²) >= 11 is 7.82. The smallest absolute Gasteiger partial charge is 0.171 e. The zero-order valence-corrected chi connectivity index (χ0v) is 13.5. The first kappa shape index (κ1) is 13.7. The molecule has 0 aromatic carbocycles. The molecule has 1 aliphatic carbocycles. The molecule has 3 aromatic heterocycles. The summed E-state index contributed by atoms with van der Waals surface area (Å²) in [5.41, 5.74) is 2.37. The lowest BCUT2D eigenvalue weighted by Crippen LogP contribution is -1.98. The van der Waals surface area contributed by atoms with Gasteiger partial charge in [-0.1, -0.05) is 11.6 Å². The standard InChI is InChI=1S/C15H14ClN5S/c1-8-4-12(22-7-8)15-17-6-10(16)14(19-15)18-13-5-11(20-21-13)9-2-3-9/h4-7,9H,2-3H2,1H3,(H2,17,18,19,20,21). The third kappa shape index (κ3) is 2.71. The number of nitrogens with zero attached hydrogens (tertiary/aromatic N) is 3. The van der Waals surface area contributed by atoms with Crippen molar-refractivity contribution in [2.75, 3.05) is 5.32 Å². The van der Waals surface area contributed by atoms with Crippen LogP contribution in [0.2, 0.25) is 5.02 Å². The van der Waals surface area contributed by atoms with Crippen molar-refractivity contribution in [1.29, 1.82) is 0 Å². The van der Waals surface area contributed by atoms with Crippen molar-refractivity contribution in [3.8, 4) is 10.7 Å². The Bertz CT molecular complexity index is 821. The second-order valence-electron chi connectivity index (χ2n) is 5.49. The quantitative estimate of drug-likeness (QED) is 0.738. The van der Waals surface area contributed by atoms with Crippen LogP contribution in [0.4, 0.5) is 11.6 Å². The number of aromatic nitrogens is 4. The summed E-state index contributed by atoms with van der Waals surface area (Å²) in [6.45, 7) is 2.05. The molecule has 0 atom stereocenters. The number of aryl methyl sites for hydroxylation is 1. The maximum absolute atomic E-state index is 6.20. The van der Waals surface area contributed by atoms with E-state index in [1.54, 1.807) is 17.5 Å². The zero-order valence-electron chi connectivity index (χ0n) is 11.9. The lowest BCUT2D eigenvalue weighted by atomic mass is 10.3. The van der Waals surface area contributed by atoms with E-state index in [2.05, 4.69) is 43.9 Å². The van der Waals surface area contributed by atoms with Crippen LogP contribution < -0.4 is 5.32 Å². The van der Waals surface area contributed by atoms with Crippen molar-refractivity contribution in [1.82, 2.24) is 20.2 Å². The van der Waals surface area contributed by atoms with Gasteiger partial charge in [0.1, 0.15) is 5.02 Å². The Balaban J connectivity index is 1.62. The molecule has 112 valence electrons. The van der Waals surface area contributed by atoms with Gasteiger partial charge >= 0.3 is 0 Å². The van der Waals surface area contributed by atoms with Gasteiger partial charge in [0.25, 0.3) is 0 Å². The molecule has 0 radical (unpaired) electrons. The van der Waals surface area contributed by atoms with Gasteiger partial charge in [0.15, 0.2) is 17.5 Å². The third-order valence-corrected chi connectivity index (χ3v) is 4.88. The minimum atomic E-state index is 0.480. The molecule has 22 heavy (non-hydrogen) atoms. The Morgan fingerprint density at radius 1 is 1.36 bits per heavy atom. The van der Waals surface area contributed by atoms with Crippen molar-refractivity contribution in [2.45, 2.75) is 25.7 Å². The molecular weight excluding hydrogens is 318 g/mol. The monoisotopic (exact) mass is 331 g/mol. The molecule has 0 unspecified atom stereocenters. The molecule has 0 spiro atoms. The van der Waals surface area contributed by atoms with Crippen molar-refractivity contribution < 1.29 is 0 Å². The molecule has 1 saturated carbocycles. The molecule has 0 saturated heterocycles. The number of aromatic amines is 1. The Morgan fingerprint density at radius 2 is 2.23 bits per heavy atom. The summed E-state index contributed by atoms with van der Waals surface area (Å²) in [7, 11) is 0. The van der Waals surface area contributed by atoms with Gasteiger partial charge in [-0.25, -0.2) is 9.97 Å². The van der Waals surface area contributed by atoms with Gasteiger partial charge in [-0.05, 0) is 36.8 Å². The van der Waals surface area contributed by atoms with Crippen LogP contribution in [0.1, 0.15) is 30.0 Å². The van der Waals surface area contributed by atoms with Crippen molar-refractivity contribution in [3.63, 3.8) is 0 Å². The molecule has 0 bridgehead atoms. The Morgan fingerprint density at radius 3 is 2.95 bits per heavy atom. The van der Waals surface area contributed by atoms with E-state index in [-0.39, 0.29) is 0 Å². The number of rotatable bonds is 4. The fraction of sp³-hybridized carbons (Fsp3) is 0.267. The summed E-state index contributed by atoms with van der Waals surface area (Å²) in [5.74, 6) is 2.61. The highest BCUT2D eigenvalue weighted by Crippen LogP contribution is 2.39. The predicted octanol–water partition coefficient (Wildman–Crippen LogP) is 4.51. The van der Waals surface area contributed by atoms with E-state index < -0.39 is 0 Å². The molecule has 1 fully saturated rings. The average molecular weight is 332 g/mol. The number of hydrogen-bond acceptors (Lipinski definition) is 5. The highest BCUT2D eigenvalue weighted by Gasteiger charge is 2.25. The first-order valence-corrected chi connectivity index (χ1v) is 8.35. The number of H-pyrrole nitrogens is 1. The minimum Gasteiger partial charge on any atom is -0.322 e. The summed E-state index contributed by atoms with van der Waals surface area (Å²) in [6.07, 6.45) is 4.09. The fourth-order valence-electron chi connectivity index (χ4n) is 2.25. The van der Waals surface area contributed by atoms with Crippen LogP contribution in [0, 0.1) is 6.92 Å². The molecule has 5 nitrogen and oxygen atoms in total. The van der Waals surface area contributed by atoms with Gasteiger partial charge in [-0.15, -0.1) is 11.3 Å². The fourth-order valence-corrected chi connectivity index (χ4v) is 3.22. The molecule has 1 aliphatic rings. The number of nitrogens with one attached hydrogen (secondary N) is 2. The van der Waals surface area contributed by atoms with E-state index >= 15 is 0 Å². The SMILES string of the molecule is Cc1csc(-c2ncc(Cl)c(Nc3cc(C4CC4)[nH]n3)n2)c1. The highest BCUT2D eigenvalue weighted by atomic mass is 35.5. The second-order valence-corrected chi connectivity index (χ2v) is 6.80. The van der Waals surface area contributed by atoms with Crippen molar-refractivity contribution >= 4 is 34.6 Å². The van der Waals surface area contributed by atoms with E-state index in [1.165, 1.54) is 24.1 Å². The summed E-state index contributed by atoms with van der Waals surface area (Å²) in [6, 6.07) is 4.09. The van der Waals surface area contributed by atoms with Crippen LogP contribution in [-0.2, 0) is 0 Å². The molecule has 0 amide bonds. The highest BCUT2D eigenvalue weighted by molar-refractivity contribution is 7.13. The lowest BCUT2D eigenvalue weighted by molar-refractivity contribution is 0.966. The van der Waals surface area contributed by atoms with Crippen molar-refractivity contribution in [2.24, 2.45) is 0 Å². The van der Waals surface area contributed by atoms with E-state index in [4.69, 9.17) is 11.6 Å². The molecular formula is C15H14ClN5S. The zero-order chi connectivity index (χ0) is 15.1. The minimum absolute atomic E-state index is 0.480. The number of anilines is 2. The van der Waals surface area contributed by atoms with Gasteiger partial charge in [-0.2, -0.15) is 5.10 Å². The molecule has 0 aliphatic heterocycles. The van der Waals surface area contributed by atoms with Crippen LogP contribution in [0.5, 0.6) is 0 Å². The van der Waals surface area contributed by atoms with Gasteiger partial charge in [0, 0.05) is 17.7 Å². The predicted molar refractivity (Wildman–Crippen MR) is 88.9 cm³/mol. The molecule has 4 rings (SSSR count). The number of hydrogen-bond donors (Lipinski definition) is 2. The van der Waals surface area contributed by atoms with E-state index in [1.807, 2.05) is 6.07 Å². The topological polar surface area (TPSA) is 66.5 Å². The largest absolute Gasteiger partial charge is 0.322 e. The van der Waals surface area contributed by atoms with E-state index in [0.717, 1.165) is 10.7 Å². The lowest BCUT2D eigenvalue weighted by Gasteiger charge is -2.05. The van der Waals surface area contributed by atoms with Gasteiger partial charge in [0.2, 0.25) is 0 Å². The van der Waals surface area contributed by atoms with Crippen molar-refractivity contribution in [3.05, 3.63) is 40.0 Å². The van der Waals surface area contributed by atoms with Gasteiger partial charge in [-0.3, -0.25) is 5.10 Å². The first-order chi connectivity index (χ1) is 10.7. The number of halogens is 1. The Kier molecular flexibility index (Phi) is 3.35. The van der Waals surface area contributed by atoms with E-state index in [0.29, 0.717) is 22.6 Å². The van der Waals surface area contributed by atoms with Crippen LogP contribution in [0.25, 0.3) is 10.7 Å². The number of thiophene rings is 1. The van der Waals surface area contributed by atoms with Gasteiger partial charge in [0.05, 0.1) is 11.1 Å². The van der Waals surface area contributed by atoms with Crippen LogP contribution in [0.15, 0.2) is 23.7 Å². The summed E-state index contributed by atoms with van der Waals surface area (Å²) < 4.78 is 0. The average Bonchev–Trinajstić information content (AvgIpc) is 3.10. The molecule has 2 N–H and O–H groups in total. The van der Waals surface area contributed by atoms with E-state index in [9.17, 15) is 0 Å². The second kappa shape index (κ2) is 5.37. The first-order valence-electron chi connectivity index (χ1n) is 7.09. The summed E-state index contributed by atoms with van der Waals surface area (Å²) in [5, 5.41) is 13.1. The molecule has 7 heteroatoms. The Labute approximate surface area is 136 Å². The summed E-state index contributed by atoms with van der Waals surface area (Å²) in [4.78, 5) is 9.86. The molecule has 3 aromatic rings.